The summed E-state index contributed by atoms with van der Waals surface area (Å²) in [6, 6.07) is 0. The van der Waals surface area contributed by atoms with Gasteiger partial charge in [-0.25, -0.2) is 0 Å². The molecule has 2 aliphatic carbocycles. The molecule has 0 spiro atoms. The second-order valence-electron chi connectivity index (χ2n) is 6.34. The molecule has 0 aromatic rings. The molecule has 0 radical (unpaired) electrons. The molecular weight excluding hydrogens is 210 g/mol. The highest BCUT2D eigenvalue weighted by atomic mass is 16.3. The molecule has 17 heavy (non-hydrogen) atoms. The molecule has 0 amide bonds. The summed E-state index contributed by atoms with van der Waals surface area (Å²) in [6.07, 6.45) is 12.2. The highest BCUT2D eigenvalue weighted by Crippen LogP contribution is 2.28. The lowest BCUT2D eigenvalue weighted by atomic mass is 9.89. The lowest BCUT2D eigenvalue weighted by Crippen LogP contribution is -2.36. The maximum absolute atomic E-state index is 10.2. The number of rotatable bonds is 5. The fourth-order valence-electron chi connectivity index (χ4n) is 3.70. The van der Waals surface area contributed by atoms with E-state index in [0.717, 1.165) is 12.5 Å². The average molecular weight is 239 g/mol. The molecule has 0 aromatic carbocycles. The van der Waals surface area contributed by atoms with E-state index in [1.165, 1.54) is 64.3 Å². The van der Waals surface area contributed by atoms with E-state index in [0.29, 0.717) is 5.92 Å². The molecule has 0 aromatic heterocycles. The molecule has 2 nitrogen and oxygen atoms in total. The van der Waals surface area contributed by atoms with E-state index < -0.39 is 0 Å². The van der Waals surface area contributed by atoms with Crippen molar-refractivity contribution in [1.29, 1.82) is 0 Å². The minimum atomic E-state index is -0.0777. The number of hydrogen-bond donors (Lipinski definition) is 1. The van der Waals surface area contributed by atoms with E-state index in [9.17, 15) is 5.11 Å². The van der Waals surface area contributed by atoms with Gasteiger partial charge in [0.05, 0.1) is 6.10 Å². The first-order chi connectivity index (χ1) is 8.25. The Hall–Kier alpha value is -0.0800. The topological polar surface area (TPSA) is 23.5 Å². The standard InChI is InChI=1S/C15H29NO/c1-16(11-13-7-3-2-4-8-13)12-15(17)14-9-5-6-10-14/h13-15,17H,2-12H2,1H3. The molecular formula is C15H29NO. The number of hydrogen-bond acceptors (Lipinski definition) is 2. The van der Waals surface area contributed by atoms with Crippen LogP contribution in [0.5, 0.6) is 0 Å². The van der Waals surface area contributed by atoms with Crippen LogP contribution < -0.4 is 0 Å². The minimum absolute atomic E-state index is 0.0777. The normalized spacial score (nSPS) is 25.6. The van der Waals surface area contributed by atoms with Crippen LogP contribution in [0.1, 0.15) is 57.8 Å². The van der Waals surface area contributed by atoms with Crippen LogP contribution in [0, 0.1) is 11.8 Å². The first-order valence-corrected chi connectivity index (χ1v) is 7.62. The van der Waals surface area contributed by atoms with E-state index in [1.807, 2.05) is 0 Å². The van der Waals surface area contributed by atoms with Crippen molar-refractivity contribution in [2.75, 3.05) is 20.1 Å². The van der Waals surface area contributed by atoms with Gasteiger partial charge in [0.25, 0.3) is 0 Å². The maximum atomic E-state index is 10.2. The summed E-state index contributed by atoms with van der Waals surface area (Å²) >= 11 is 0. The van der Waals surface area contributed by atoms with Crippen molar-refractivity contribution < 1.29 is 5.11 Å². The van der Waals surface area contributed by atoms with Gasteiger partial charge in [0.2, 0.25) is 0 Å². The molecule has 1 unspecified atom stereocenters. The molecule has 2 heteroatoms. The van der Waals surface area contributed by atoms with Crippen molar-refractivity contribution in [2.24, 2.45) is 11.8 Å². The van der Waals surface area contributed by atoms with Gasteiger partial charge in [-0.05, 0) is 44.6 Å². The Morgan fingerprint density at radius 3 is 2.24 bits per heavy atom. The SMILES string of the molecule is CN(CC1CCCCC1)CC(O)C1CCCC1. The van der Waals surface area contributed by atoms with Gasteiger partial charge < -0.3 is 10.0 Å². The van der Waals surface area contributed by atoms with Crippen LogP contribution in [0.3, 0.4) is 0 Å². The Morgan fingerprint density at radius 2 is 1.59 bits per heavy atom. The van der Waals surface area contributed by atoms with Crippen molar-refractivity contribution in [3.05, 3.63) is 0 Å². The molecule has 1 atom stereocenters. The van der Waals surface area contributed by atoms with Gasteiger partial charge in [0, 0.05) is 13.1 Å². The summed E-state index contributed by atoms with van der Waals surface area (Å²) < 4.78 is 0. The average Bonchev–Trinajstić information content (AvgIpc) is 2.83. The van der Waals surface area contributed by atoms with Gasteiger partial charge >= 0.3 is 0 Å². The van der Waals surface area contributed by atoms with Gasteiger partial charge in [0.1, 0.15) is 0 Å². The van der Waals surface area contributed by atoms with Crippen molar-refractivity contribution in [3.8, 4) is 0 Å². The van der Waals surface area contributed by atoms with Gasteiger partial charge in [-0.3, -0.25) is 0 Å². The molecule has 0 heterocycles. The monoisotopic (exact) mass is 239 g/mol. The summed E-state index contributed by atoms with van der Waals surface area (Å²) in [5.74, 6) is 1.48. The molecule has 2 aliphatic rings. The summed E-state index contributed by atoms with van der Waals surface area (Å²) in [5.41, 5.74) is 0. The van der Waals surface area contributed by atoms with Crippen LogP contribution in [0.2, 0.25) is 0 Å². The fraction of sp³-hybridized carbons (Fsp3) is 1.00. The van der Waals surface area contributed by atoms with Crippen molar-refractivity contribution in [2.45, 2.75) is 63.9 Å². The number of nitrogens with zero attached hydrogens (tertiary/aromatic N) is 1. The van der Waals surface area contributed by atoms with Crippen LogP contribution >= 0.6 is 0 Å². The highest BCUT2D eigenvalue weighted by Gasteiger charge is 2.25. The molecule has 2 rings (SSSR count). The predicted molar refractivity (Wildman–Crippen MR) is 72.0 cm³/mol. The van der Waals surface area contributed by atoms with Gasteiger partial charge in [-0.1, -0.05) is 32.1 Å². The molecule has 2 fully saturated rings. The highest BCUT2D eigenvalue weighted by molar-refractivity contribution is 4.78. The third-order valence-corrected chi connectivity index (χ3v) is 4.74. The second kappa shape index (κ2) is 6.75. The zero-order chi connectivity index (χ0) is 12.1. The lowest BCUT2D eigenvalue weighted by Gasteiger charge is -2.29. The van der Waals surface area contributed by atoms with Crippen LogP contribution in [-0.4, -0.2) is 36.2 Å². The molecule has 0 aliphatic heterocycles. The Bertz CT molecular complexity index is 207. The lowest BCUT2D eigenvalue weighted by molar-refractivity contribution is 0.0671. The quantitative estimate of drug-likeness (QED) is 0.797. The Balaban J connectivity index is 1.66. The first kappa shape index (κ1) is 13.4. The van der Waals surface area contributed by atoms with Gasteiger partial charge in [0.15, 0.2) is 0 Å². The van der Waals surface area contributed by atoms with Gasteiger partial charge in [-0.2, -0.15) is 0 Å². The summed E-state index contributed by atoms with van der Waals surface area (Å²) in [5, 5.41) is 10.2. The van der Waals surface area contributed by atoms with Crippen LogP contribution in [0.4, 0.5) is 0 Å². The van der Waals surface area contributed by atoms with E-state index >= 15 is 0 Å². The van der Waals surface area contributed by atoms with E-state index in [4.69, 9.17) is 0 Å². The third-order valence-electron chi connectivity index (χ3n) is 4.74. The third kappa shape index (κ3) is 4.26. The smallest absolute Gasteiger partial charge is 0.0695 e. The van der Waals surface area contributed by atoms with Crippen LogP contribution in [0.15, 0.2) is 0 Å². The molecule has 0 saturated heterocycles. The zero-order valence-corrected chi connectivity index (χ0v) is 11.4. The first-order valence-electron chi connectivity index (χ1n) is 7.62. The zero-order valence-electron chi connectivity index (χ0n) is 11.4. The largest absolute Gasteiger partial charge is 0.392 e. The molecule has 0 bridgehead atoms. The van der Waals surface area contributed by atoms with Crippen molar-refractivity contribution >= 4 is 0 Å². The maximum Gasteiger partial charge on any atom is 0.0695 e. The van der Waals surface area contributed by atoms with Crippen LogP contribution in [0.25, 0.3) is 0 Å². The Labute approximate surface area is 106 Å². The van der Waals surface area contributed by atoms with Crippen molar-refractivity contribution in [3.63, 3.8) is 0 Å². The second-order valence-corrected chi connectivity index (χ2v) is 6.34. The predicted octanol–water partition coefficient (Wildman–Crippen LogP) is 3.05. The summed E-state index contributed by atoms with van der Waals surface area (Å²) in [6.45, 7) is 2.09. The fourth-order valence-corrected chi connectivity index (χ4v) is 3.70. The van der Waals surface area contributed by atoms with E-state index in [2.05, 4.69) is 11.9 Å². The summed E-state index contributed by atoms with van der Waals surface area (Å²) in [4.78, 5) is 2.37. The molecule has 1 N–H and O–H groups in total. The van der Waals surface area contributed by atoms with Crippen molar-refractivity contribution in [1.82, 2.24) is 4.90 Å². The summed E-state index contributed by atoms with van der Waals surface area (Å²) in [7, 11) is 2.19. The number of aliphatic hydroxyl groups is 1. The van der Waals surface area contributed by atoms with E-state index in [-0.39, 0.29) is 6.10 Å². The van der Waals surface area contributed by atoms with Gasteiger partial charge in [-0.15, -0.1) is 0 Å². The van der Waals surface area contributed by atoms with Crippen LogP contribution in [-0.2, 0) is 0 Å². The molecule has 100 valence electrons. The Kier molecular flexibility index (Phi) is 5.30. The minimum Gasteiger partial charge on any atom is -0.392 e. The molecule has 2 saturated carbocycles. The number of aliphatic hydroxyl groups excluding tert-OH is 1. The Morgan fingerprint density at radius 1 is 1.00 bits per heavy atom. The van der Waals surface area contributed by atoms with E-state index in [1.54, 1.807) is 0 Å². The number of likely N-dealkylation sites (N-methyl/N-ethyl adjacent to an activating group) is 1.